The Hall–Kier alpha value is -10.2. The van der Waals surface area contributed by atoms with Gasteiger partial charge in [0.2, 0.25) is 76.8 Å². The highest BCUT2D eigenvalue weighted by Crippen LogP contribution is 2.20. The number of nitrogens with two attached hydrogens (primary N) is 5. The molecule has 2 aromatic carbocycles. The molecule has 0 aliphatic heterocycles. The minimum atomic E-state index is -1.88. The number of carboxylic acids is 2. The molecule has 0 aliphatic carbocycles. The lowest BCUT2D eigenvalue weighted by Gasteiger charge is -2.30. The Morgan fingerprint density at radius 2 is 0.821 bits per heavy atom. The summed E-state index contributed by atoms with van der Waals surface area (Å²) >= 11 is 0. The van der Waals surface area contributed by atoms with Crippen LogP contribution >= 0.6 is 0 Å². The van der Waals surface area contributed by atoms with E-state index >= 15 is 0 Å². The number of hydrogen-bond donors (Lipinski definition) is 23. The number of aliphatic carboxylic acids is 2. The van der Waals surface area contributed by atoms with Gasteiger partial charge in [0, 0.05) is 36.4 Å². The van der Waals surface area contributed by atoms with Gasteiger partial charge in [0.05, 0.1) is 25.8 Å². The molecular weight excluding hydrogens is 1390 g/mol. The van der Waals surface area contributed by atoms with Gasteiger partial charge in [-0.2, -0.15) is 0 Å². The minimum absolute atomic E-state index is 0.107. The van der Waals surface area contributed by atoms with Crippen molar-refractivity contribution in [1.82, 2.24) is 74.1 Å². The summed E-state index contributed by atoms with van der Waals surface area (Å²) in [4.78, 5) is 206. The van der Waals surface area contributed by atoms with E-state index in [0.717, 1.165) is 0 Å². The molecule has 106 heavy (non-hydrogen) atoms. The molecule has 0 aliphatic rings. The number of carboxylic acid groups (broad SMARTS) is 2. The second kappa shape index (κ2) is 45.9. The lowest BCUT2D eigenvalue weighted by Crippen LogP contribution is -2.62. The van der Waals surface area contributed by atoms with E-state index in [2.05, 4.69) is 74.1 Å². The molecule has 0 bridgehead atoms. The zero-order valence-corrected chi connectivity index (χ0v) is 60.6. The second-order valence-corrected chi connectivity index (χ2v) is 26.1. The molecule has 0 fully saturated rings. The van der Waals surface area contributed by atoms with Crippen LogP contribution in [0.15, 0.2) is 60.8 Å². The van der Waals surface area contributed by atoms with Crippen molar-refractivity contribution in [3.05, 3.63) is 71.9 Å². The van der Waals surface area contributed by atoms with Gasteiger partial charge in [-0.15, -0.1) is 0 Å². The second-order valence-electron chi connectivity index (χ2n) is 26.1. The molecule has 588 valence electrons. The Morgan fingerprint density at radius 3 is 1.31 bits per heavy atom. The number of amides is 13. The summed E-state index contributed by atoms with van der Waals surface area (Å²) in [6.07, 6.45) is -0.533. The van der Waals surface area contributed by atoms with Crippen molar-refractivity contribution in [3.8, 4) is 0 Å². The number of hydrogen-bond acceptors (Lipinski definition) is 22. The van der Waals surface area contributed by atoms with Crippen molar-refractivity contribution in [1.29, 1.82) is 0 Å². The SMILES string of the molecule is CC[C@H](C)[C@@H](NC(=O)[C@@H](NC(=O)[C@H](CCC(=O)O)NC(=O)[C@H](Cc1ccccc1)NC(=O)[C@@H](CCN)NC(=O)[C@H](CCN)NC(=O)[C@H](CO)NC(=O)[C@@H](Cc1c[nH]c2ccccc12)NC(=O)[C@@H](CO)NC(=O)CNC(=O)[C@@H](CCN)NC(=O)[C@H](NC(=O)[C@@H](N)CCN)C(C)C)C(C)C)C(=O)N[C@@H](C)C(=O)O. The van der Waals surface area contributed by atoms with Crippen LogP contribution in [0.2, 0.25) is 0 Å². The summed E-state index contributed by atoms with van der Waals surface area (Å²) in [6.45, 7) is 7.45. The molecule has 14 atom stereocenters. The van der Waals surface area contributed by atoms with E-state index in [4.69, 9.17) is 28.7 Å². The first-order chi connectivity index (χ1) is 50.2. The molecule has 0 saturated heterocycles. The number of aromatic nitrogens is 1. The van der Waals surface area contributed by atoms with Crippen molar-refractivity contribution >= 4 is 99.6 Å². The minimum Gasteiger partial charge on any atom is -0.481 e. The van der Waals surface area contributed by atoms with Crippen molar-refractivity contribution in [2.24, 2.45) is 46.4 Å². The van der Waals surface area contributed by atoms with Crippen LogP contribution in [0.4, 0.5) is 0 Å². The average Bonchev–Trinajstić information content (AvgIpc) is 1.65. The maximum atomic E-state index is 14.5. The predicted molar refractivity (Wildman–Crippen MR) is 384 cm³/mol. The van der Waals surface area contributed by atoms with Crippen LogP contribution in [0, 0.1) is 17.8 Å². The maximum Gasteiger partial charge on any atom is 0.325 e. The van der Waals surface area contributed by atoms with Crippen molar-refractivity contribution < 1.29 is 92.3 Å². The van der Waals surface area contributed by atoms with Crippen LogP contribution < -0.4 is 97.8 Å². The Morgan fingerprint density at radius 1 is 0.425 bits per heavy atom. The number of nitrogens with one attached hydrogen (secondary N) is 14. The van der Waals surface area contributed by atoms with Crippen LogP contribution in [0.25, 0.3) is 10.9 Å². The first-order valence-electron chi connectivity index (χ1n) is 34.9. The number of rotatable bonds is 48. The van der Waals surface area contributed by atoms with Gasteiger partial charge in [-0.1, -0.05) is 96.5 Å². The Balaban J connectivity index is 1.87. The number of benzene rings is 2. The third kappa shape index (κ3) is 29.4. The average molecular weight is 1490 g/mol. The standard InChI is InChI=1S/C68H107N19O19/c1-8-36(6)55(67(104)76-37(7)68(105)106)87-66(103)54(35(4)5)86-60(97)43(18-19-52(91)92)78-61(98)47(28-38-14-10-9-11-15-38)82-59(96)46(23-27-72)79-58(95)45(22-26-71)80-64(101)50(33-89)84-62(99)48(29-39-30-74-42-17-13-12-16-40(39)42)83-63(100)49(32-88)77-51(90)31-75-57(94)44(21-25-70)81-65(102)53(34(2)3)85-56(93)41(73)20-24-69/h9-17,30,34-37,41,43-50,53-55,74,88-89H,8,18-29,31-33,69-73H2,1-7H3,(H,75,94)(H,76,104)(H,77,90)(H,78,98)(H,79,95)(H,80,101)(H,81,102)(H,82,96)(H,83,100)(H,84,99)(H,85,93)(H,86,97)(H,87,103)(H,91,92)(H,105,106)/t36-,37-,41-,43-,44+,45-,46+,47-,48+,49+,50-,53+,54-,55+/m0/s1. The Bertz CT molecular complexity index is 3470. The molecule has 38 heteroatoms. The highest BCUT2D eigenvalue weighted by molar-refractivity contribution is 6.00. The summed E-state index contributed by atoms with van der Waals surface area (Å²) in [7, 11) is 0. The van der Waals surface area contributed by atoms with Crippen molar-refractivity contribution in [2.75, 3.05) is 45.9 Å². The lowest BCUT2D eigenvalue weighted by molar-refractivity contribution is -0.142. The van der Waals surface area contributed by atoms with E-state index < -0.39 is 218 Å². The monoisotopic (exact) mass is 1490 g/mol. The van der Waals surface area contributed by atoms with Gasteiger partial charge in [0.25, 0.3) is 0 Å². The normalized spacial score (nSPS) is 15.2. The quantitative estimate of drug-likeness (QED) is 0.0250. The summed E-state index contributed by atoms with van der Waals surface area (Å²) in [5.41, 5.74) is 30.5. The number of carbonyl (C=O) groups excluding carboxylic acids is 13. The molecule has 0 saturated carbocycles. The number of aliphatic hydroxyl groups is 2. The van der Waals surface area contributed by atoms with Crippen molar-refractivity contribution in [2.45, 2.75) is 185 Å². The summed E-state index contributed by atoms with van der Waals surface area (Å²) in [6, 6.07) is -4.25. The third-order valence-electron chi connectivity index (χ3n) is 17.1. The van der Waals surface area contributed by atoms with E-state index in [9.17, 15) is 92.3 Å². The molecule has 3 rings (SSSR count). The largest absolute Gasteiger partial charge is 0.481 e. The molecule has 13 amide bonds. The first-order valence-corrected chi connectivity index (χ1v) is 34.9. The molecule has 0 spiro atoms. The van der Waals surface area contributed by atoms with Gasteiger partial charge >= 0.3 is 11.9 Å². The summed E-state index contributed by atoms with van der Waals surface area (Å²) in [5.74, 6) is -17.0. The lowest BCUT2D eigenvalue weighted by atomic mass is 9.96. The Labute approximate surface area is 613 Å². The Kier molecular flexibility index (Phi) is 38.9. The van der Waals surface area contributed by atoms with Crippen molar-refractivity contribution in [3.63, 3.8) is 0 Å². The van der Waals surface area contributed by atoms with Gasteiger partial charge in [0.1, 0.15) is 72.5 Å². The number of para-hydroxylation sites is 1. The number of aliphatic hydroxyl groups excluding tert-OH is 2. The van der Waals surface area contributed by atoms with Gasteiger partial charge in [-0.05, 0) is 100 Å². The van der Waals surface area contributed by atoms with E-state index in [1.54, 1.807) is 96.1 Å². The molecule has 0 radical (unpaired) electrons. The molecular formula is C68H107N19O19. The highest BCUT2D eigenvalue weighted by atomic mass is 16.4. The molecule has 1 heterocycles. The van der Waals surface area contributed by atoms with Gasteiger partial charge in [-0.3, -0.25) is 71.9 Å². The van der Waals surface area contributed by atoms with E-state index in [1.165, 1.54) is 13.1 Å². The molecule has 38 nitrogen and oxygen atoms in total. The fourth-order valence-corrected chi connectivity index (χ4v) is 10.7. The topological polar surface area (TPSA) is 639 Å². The van der Waals surface area contributed by atoms with E-state index in [1.807, 2.05) is 0 Å². The third-order valence-corrected chi connectivity index (χ3v) is 17.1. The number of fused-ring (bicyclic) bond motifs is 1. The van der Waals surface area contributed by atoms with Gasteiger partial charge < -0.3 is 123 Å². The predicted octanol–water partition coefficient (Wildman–Crippen LogP) is -7.08. The van der Waals surface area contributed by atoms with Gasteiger partial charge in [-0.25, -0.2) is 0 Å². The van der Waals surface area contributed by atoms with Crippen LogP contribution in [0.1, 0.15) is 105 Å². The fraction of sp³-hybridized carbons (Fsp3) is 0.574. The van der Waals surface area contributed by atoms with E-state index in [0.29, 0.717) is 28.5 Å². The summed E-state index contributed by atoms with van der Waals surface area (Å²) < 4.78 is 0. The van der Waals surface area contributed by atoms with Crippen LogP contribution in [0.5, 0.6) is 0 Å². The van der Waals surface area contributed by atoms with Gasteiger partial charge in [0.15, 0.2) is 0 Å². The molecule has 1 aromatic heterocycles. The molecule has 0 unspecified atom stereocenters. The zero-order valence-electron chi connectivity index (χ0n) is 60.6. The van der Waals surface area contributed by atoms with Crippen LogP contribution in [0.3, 0.4) is 0 Å². The maximum absolute atomic E-state index is 14.5. The smallest absolute Gasteiger partial charge is 0.325 e. The van der Waals surface area contributed by atoms with Crippen LogP contribution in [-0.2, 0) is 84.8 Å². The molecule has 28 N–H and O–H groups in total. The van der Waals surface area contributed by atoms with E-state index in [-0.39, 0.29) is 64.7 Å². The van der Waals surface area contributed by atoms with Crippen LogP contribution in [-0.4, -0.2) is 239 Å². The number of aromatic amines is 1. The highest BCUT2D eigenvalue weighted by Gasteiger charge is 2.38. The molecule has 3 aromatic rings. The first kappa shape index (κ1) is 90.0. The fourth-order valence-electron chi connectivity index (χ4n) is 10.7. The number of carbonyl (C=O) groups is 15. The zero-order chi connectivity index (χ0) is 79.5. The number of H-pyrrole nitrogens is 1. The summed E-state index contributed by atoms with van der Waals surface area (Å²) in [5, 5.41) is 72.6.